The molecule has 0 fully saturated rings. The Labute approximate surface area is 183 Å². The van der Waals surface area contributed by atoms with Crippen molar-refractivity contribution in [1.82, 2.24) is 38.4 Å². The Hall–Kier alpha value is -3.14. The molecule has 1 aromatic carbocycles. The summed E-state index contributed by atoms with van der Waals surface area (Å²) in [7, 11) is -9.08. The highest BCUT2D eigenvalue weighted by Gasteiger charge is 2.28. The average molecular weight is 487 g/mol. The maximum Gasteiger partial charge on any atom is 0.378 e. The third kappa shape index (κ3) is 4.27. The zero-order valence-corrected chi connectivity index (χ0v) is 19.0. The topological polar surface area (TPSA) is 174 Å². The van der Waals surface area contributed by atoms with Gasteiger partial charge in [-0.1, -0.05) is 40.9 Å². The number of benzene rings is 1. The van der Waals surface area contributed by atoms with E-state index < -0.39 is 41.2 Å². The molecule has 0 unspecified atom stereocenters. The quantitative estimate of drug-likeness (QED) is 0.355. The van der Waals surface area contributed by atoms with E-state index in [1.165, 1.54) is 6.07 Å². The summed E-state index contributed by atoms with van der Waals surface area (Å²) in [5, 5.41) is 13.9. The molecule has 0 aliphatic heterocycles. The summed E-state index contributed by atoms with van der Waals surface area (Å²) >= 11 is 0. The van der Waals surface area contributed by atoms with E-state index in [1.807, 2.05) is 13.8 Å². The van der Waals surface area contributed by atoms with Crippen molar-refractivity contribution in [3.63, 3.8) is 0 Å². The number of hydrogen-bond donors (Lipinski definition) is 0. The molecule has 0 aliphatic rings. The Morgan fingerprint density at radius 1 is 0.719 bits per heavy atom. The molecule has 0 aliphatic carbocycles. The normalized spacial score (nSPS) is 12.3. The molecule has 0 N–H and O–H groups in total. The largest absolute Gasteiger partial charge is 0.378 e. The van der Waals surface area contributed by atoms with Gasteiger partial charge in [0.2, 0.25) is 0 Å². The van der Waals surface area contributed by atoms with Crippen molar-refractivity contribution >= 4 is 20.0 Å². The predicted octanol–water partition coefficient (Wildman–Crippen LogP) is -0.733. The van der Waals surface area contributed by atoms with Crippen LogP contribution in [0.1, 0.15) is 39.5 Å². The van der Waals surface area contributed by atoms with Crippen molar-refractivity contribution in [2.75, 3.05) is 0 Å². The number of aryl methyl sites for hydroxylation is 2. The second-order valence-corrected chi connectivity index (χ2v) is 10.4. The Morgan fingerprint density at radius 3 is 1.50 bits per heavy atom. The Balaban J connectivity index is 2.02. The summed E-state index contributed by atoms with van der Waals surface area (Å²) in [5.41, 5.74) is -1.94. The highest BCUT2D eigenvalue weighted by molar-refractivity contribution is 7.90. The summed E-state index contributed by atoms with van der Waals surface area (Å²) in [5.74, 6) is 0. The Morgan fingerprint density at radius 2 is 1.12 bits per heavy atom. The summed E-state index contributed by atoms with van der Waals surface area (Å²) in [6.45, 7) is 4.17. The van der Waals surface area contributed by atoms with E-state index in [2.05, 4.69) is 20.9 Å². The summed E-state index contributed by atoms with van der Waals surface area (Å²) in [4.78, 5) is 23.7. The molecular formula is C16H22N8O6S2. The van der Waals surface area contributed by atoms with Crippen molar-refractivity contribution in [3.05, 3.63) is 45.2 Å². The molecule has 0 amide bonds. The van der Waals surface area contributed by atoms with Crippen LogP contribution in [0, 0.1) is 0 Å². The summed E-state index contributed by atoms with van der Waals surface area (Å²) in [6.07, 6.45) is 2.71. The smallest absolute Gasteiger partial charge is 0.243 e. The van der Waals surface area contributed by atoms with Crippen LogP contribution in [0.15, 0.2) is 43.6 Å². The minimum atomic E-state index is -4.54. The first-order valence-corrected chi connectivity index (χ1v) is 12.7. The van der Waals surface area contributed by atoms with E-state index in [4.69, 9.17) is 0 Å². The molecule has 0 radical (unpaired) electrons. The number of nitrogens with zero attached hydrogens (tertiary/aromatic N) is 8. The monoisotopic (exact) mass is 486 g/mol. The van der Waals surface area contributed by atoms with Crippen LogP contribution in [0.25, 0.3) is 0 Å². The summed E-state index contributed by atoms with van der Waals surface area (Å²) in [6, 6.07) is 4.19. The number of hydrogen-bond acceptors (Lipinski definition) is 10. The fourth-order valence-electron chi connectivity index (χ4n) is 2.71. The number of unbranched alkanes of at least 4 members (excludes halogenated alkanes) is 2. The molecule has 0 atom stereocenters. The van der Waals surface area contributed by atoms with E-state index in [9.17, 15) is 26.4 Å². The number of tetrazole rings is 2. The van der Waals surface area contributed by atoms with Gasteiger partial charge in [-0.25, -0.2) is 9.59 Å². The van der Waals surface area contributed by atoms with Crippen LogP contribution in [-0.2, 0) is 33.1 Å². The molecule has 32 heavy (non-hydrogen) atoms. The van der Waals surface area contributed by atoms with E-state index in [-0.39, 0.29) is 21.3 Å². The van der Waals surface area contributed by atoms with Gasteiger partial charge in [0.15, 0.2) is 0 Å². The molecule has 2 heterocycles. The van der Waals surface area contributed by atoms with Crippen LogP contribution < -0.4 is 11.4 Å². The average Bonchev–Trinajstić information content (AvgIpc) is 3.33. The van der Waals surface area contributed by atoms with Crippen LogP contribution >= 0.6 is 0 Å². The third-order valence-corrected chi connectivity index (χ3v) is 7.60. The molecule has 3 aromatic rings. The fourth-order valence-corrected chi connectivity index (χ4v) is 5.10. The highest BCUT2D eigenvalue weighted by atomic mass is 32.2. The van der Waals surface area contributed by atoms with Crippen LogP contribution in [0.2, 0.25) is 0 Å². The van der Waals surface area contributed by atoms with E-state index in [0.717, 1.165) is 40.4 Å². The van der Waals surface area contributed by atoms with Crippen LogP contribution in [-0.4, -0.2) is 55.2 Å². The van der Waals surface area contributed by atoms with E-state index in [0.29, 0.717) is 12.8 Å². The summed E-state index contributed by atoms with van der Waals surface area (Å²) < 4.78 is 53.8. The van der Waals surface area contributed by atoms with Crippen molar-refractivity contribution in [2.45, 2.75) is 62.4 Å². The maximum absolute atomic E-state index is 12.9. The molecule has 174 valence electrons. The van der Waals surface area contributed by atoms with Crippen LogP contribution in [0.5, 0.6) is 0 Å². The van der Waals surface area contributed by atoms with Gasteiger partial charge in [-0.15, -0.1) is 0 Å². The van der Waals surface area contributed by atoms with Crippen LogP contribution in [0.3, 0.4) is 0 Å². The molecule has 3 rings (SSSR count). The lowest BCUT2D eigenvalue weighted by molar-refractivity contribution is 0.540. The van der Waals surface area contributed by atoms with Gasteiger partial charge < -0.3 is 0 Å². The zero-order valence-electron chi connectivity index (χ0n) is 17.4. The van der Waals surface area contributed by atoms with Crippen LogP contribution in [0.4, 0.5) is 0 Å². The Bertz CT molecular complexity index is 1330. The zero-order chi connectivity index (χ0) is 23.5. The molecule has 0 bridgehead atoms. The van der Waals surface area contributed by atoms with Gasteiger partial charge in [-0.05, 0) is 51.9 Å². The van der Waals surface area contributed by atoms with Crippen molar-refractivity contribution < 1.29 is 16.8 Å². The highest BCUT2D eigenvalue weighted by Crippen LogP contribution is 2.18. The molecular weight excluding hydrogens is 464 g/mol. The lowest BCUT2D eigenvalue weighted by atomic mass is 10.3. The second-order valence-electron chi connectivity index (χ2n) is 6.85. The molecule has 2 aromatic heterocycles. The second kappa shape index (κ2) is 9.15. The molecule has 0 saturated heterocycles. The number of aromatic nitrogens is 8. The molecule has 16 heteroatoms. The first-order valence-electron chi connectivity index (χ1n) is 9.81. The molecule has 0 spiro atoms. The van der Waals surface area contributed by atoms with Gasteiger partial charge in [0.1, 0.15) is 0 Å². The molecule has 14 nitrogen and oxygen atoms in total. The van der Waals surface area contributed by atoms with Gasteiger partial charge in [-0.3, -0.25) is 0 Å². The standard InChI is InChI=1S/C16H22N8O6S2/c1-3-5-10-21-15(25)23(19-17-21)31(27,28)13-8-7-9-14(12-13)32(29,30)24-16(26)22(18-20-24)11-6-4-2/h7-9,12H,3-6,10-11H2,1-2H3. The lowest BCUT2D eigenvalue weighted by Gasteiger charge is -2.06. The minimum absolute atomic E-state index is 0.190. The van der Waals surface area contributed by atoms with Gasteiger partial charge in [0.25, 0.3) is 20.0 Å². The first-order chi connectivity index (χ1) is 15.1. The van der Waals surface area contributed by atoms with Gasteiger partial charge in [0, 0.05) is 13.1 Å². The van der Waals surface area contributed by atoms with Crippen molar-refractivity contribution in [2.24, 2.45) is 0 Å². The maximum atomic E-state index is 12.9. The fraction of sp³-hybridized carbons (Fsp3) is 0.500. The number of rotatable bonds is 10. The lowest BCUT2D eigenvalue weighted by Crippen LogP contribution is -2.32. The van der Waals surface area contributed by atoms with Gasteiger partial charge >= 0.3 is 11.4 Å². The first kappa shape index (κ1) is 23.5. The molecule has 0 saturated carbocycles. The SMILES string of the molecule is CCCCn1nnn(S(=O)(=O)c2cccc(S(=O)(=O)n3nnn(CCCC)c3=O)c2)c1=O. The van der Waals surface area contributed by atoms with Crippen molar-refractivity contribution in [3.8, 4) is 0 Å². The van der Waals surface area contributed by atoms with E-state index in [1.54, 1.807) is 0 Å². The minimum Gasteiger partial charge on any atom is -0.243 e. The third-order valence-electron chi connectivity index (χ3n) is 4.53. The van der Waals surface area contributed by atoms with E-state index >= 15 is 0 Å². The Kier molecular flexibility index (Phi) is 6.73. The van der Waals surface area contributed by atoms with Gasteiger partial charge in [0.05, 0.1) is 9.79 Å². The van der Waals surface area contributed by atoms with Crippen molar-refractivity contribution in [1.29, 1.82) is 0 Å². The predicted molar refractivity (Wildman–Crippen MR) is 110 cm³/mol. The van der Waals surface area contributed by atoms with Gasteiger partial charge in [-0.2, -0.15) is 26.2 Å².